The smallest absolute Gasteiger partial charge is 0.102 e. The molecule has 2 aromatic rings. The monoisotopic (exact) mass is 170 g/mol. The van der Waals surface area contributed by atoms with Gasteiger partial charge >= 0.3 is 0 Å². The maximum absolute atomic E-state index is 5.23. The summed E-state index contributed by atoms with van der Waals surface area (Å²) < 4.78 is 1.83. The van der Waals surface area contributed by atoms with E-state index in [-0.39, 0.29) is 0 Å². The molecule has 0 fully saturated rings. The van der Waals surface area contributed by atoms with Crippen LogP contribution in [0.1, 0.15) is 5.56 Å². The highest BCUT2D eigenvalue weighted by Crippen LogP contribution is 2.14. The summed E-state index contributed by atoms with van der Waals surface area (Å²) >= 11 is 0. The van der Waals surface area contributed by atoms with Gasteiger partial charge in [-0.05, 0) is 19.1 Å². The lowest BCUT2D eigenvalue weighted by atomic mass is 10.2. The molecule has 1 heterocycles. The van der Waals surface area contributed by atoms with Crippen LogP contribution in [0.25, 0.3) is 10.9 Å². The summed E-state index contributed by atoms with van der Waals surface area (Å²) in [6.07, 6.45) is 7.08. The molecule has 2 rings (SSSR count). The van der Waals surface area contributed by atoms with Gasteiger partial charge in [-0.3, -0.25) is 4.68 Å². The number of hydrogen-bond acceptors (Lipinski definition) is 1. The average Bonchev–Trinajstić information content (AvgIpc) is 2.49. The SMILES string of the molecule is C#CCn1ncc2cc(C)ccc21. The van der Waals surface area contributed by atoms with Crippen molar-refractivity contribution in [2.75, 3.05) is 0 Å². The van der Waals surface area contributed by atoms with Gasteiger partial charge in [0.25, 0.3) is 0 Å². The molecule has 64 valence electrons. The number of aromatic nitrogens is 2. The van der Waals surface area contributed by atoms with Crippen molar-refractivity contribution in [2.45, 2.75) is 13.5 Å². The number of fused-ring (bicyclic) bond motifs is 1. The first-order chi connectivity index (χ1) is 6.31. The zero-order valence-corrected chi connectivity index (χ0v) is 7.49. The first-order valence-electron chi connectivity index (χ1n) is 4.17. The molecule has 0 radical (unpaired) electrons. The van der Waals surface area contributed by atoms with Gasteiger partial charge in [-0.15, -0.1) is 6.42 Å². The van der Waals surface area contributed by atoms with Crippen LogP contribution in [-0.4, -0.2) is 9.78 Å². The van der Waals surface area contributed by atoms with E-state index in [0.29, 0.717) is 6.54 Å². The van der Waals surface area contributed by atoms with Crippen molar-refractivity contribution in [3.05, 3.63) is 30.0 Å². The van der Waals surface area contributed by atoms with E-state index in [1.54, 1.807) is 0 Å². The zero-order chi connectivity index (χ0) is 9.26. The number of aryl methyl sites for hydroxylation is 1. The minimum atomic E-state index is 0.534. The van der Waals surface area contributed by atoms with Crippen LogP contribution in [0.2, 0.25) is 0 Å². The fourth-order valence-corrected chi connectivity index (χ4v) is 1.42. The van der Waals surface area contributed by atoms with Crippen molar-refractivity contribution in [2.24, 2.45) is 0 Å². The summed E-state index contributed by atoms with van der Waals surface area (Å²) in [4.78, 5) is 0. The van der Waals surface area contributed by atoms with Gasteiger partial charge in [-0.25, -0.2) is 0 Å². The Bertz CT molecular complexity index is 474. The molecular formula is C11H10N2. The van der Waals surface area contributed by atoms with Crippen LogP contribution in [0.3, 0.4) is 0 Å². The summed E-state index contributed by atoms with van der Waals surface area (Å²) in [5.74, 6) is 2.58. The molecule has 0 N–H and O–H groups in total. The van der Waals surface area contributed by atoms with Crippen LogP contribution in [0.4, 0.5) is 0 Å². The molecule has 2 nitrogen and oxygen atoms in total. The molecule has 1 aromatic heterocycles. The van der Waals surface area contributed by atoms with E-state index in [9.17, 15) is 0 Å². The molecule has 0 bridgehead atoms. The number of nitrogens with zero attached hydrogens (tertiary/aromatic N) is 2. The van der Waals surface area contributed by atoms with E-state index in [1.807, 2.05) is 10.9 Å². The van der Waals surface area contributed by atoms with Crippen LogP contribution >= 0.6 is 0 Å². The lowest BCUT2D eigenvalue weighted by molar-refractivity contribution is 0.743. The molecule has 13 heavy (non-hydrogen) atoms. The lowest BCUT2D eigenvalue weighted by Crippen LogP contribution is -1.96. The van der Waals surface area contributed by atoms with Gasteiger partial charge in [-0.2, -0.15) is 5.10 Å². The van der Waals surface area contributed by atoms with E-state index >= 15 is 0 Å². The second-order valence-electron chi connectivity index (χ2n) is 3.07. The van der Waals surface area contributed by atoms with Crippen molar-refractivity contribution < 1.29 is 0 Å². The standard InChI is InChI=1S/C11H10N2/c1-3-6-13-11-5-4-9(2)7-10(11)8-12-13/h1,4-5,7-8H,6H2,2H3. The number of rotatable bonds is 1. The quantitative estimate of drug-likeness (QED) is 0.598. The molecule has 0 aliphatic carbocycles. The Morgan fingerprint density at radius 3 is 3.15 bits per heavy atom. The van der Waals surface area contributed by atoms with Gasteiger partial charge in [0.2, 0.25) is 0 Å². The molecular weight excluding hydrogens is 160 g/mol. The zero-order valence-electron chi connectivity index (χ0n) is 7.49. The van der Waals surface area contributed by atoms with Crippen molar-refractivity contribution in [1.29, 1.82) is 0 Å². The molecule has 0 amide bonds. The highest BCUT2D eigenvalue weighted by atomic mass is 15.3. The topological polar surface area (TPSA) is 17.8 Å². The summed E-state index contributed by atoms with van der Waals surface area (Å²) in [6.45, 7) is 2.60. The predicted octanol–water partition coefficient (Wildman–Crippen LogP) is 1.98. The van der Waals surface area contributed by atoms with Crippen molar-refractivity contribution in [3.8, 4) is 12.3 Å². The Morgan fingerprint density at radius 2 is 2.38 bits per heavy atom. The Morgan fingerprint density at radius 1 is 1.54 bits per heavy atom. The van der Waals surface area contributed by atoms with Crippen LogP contribution in [0.15, 0.2) is 24.4 Å². The van der Waals surface area contributed by atoms with Crippen molar-refractivity contribution in [1.82, 2.24) is 9.78 Å². The van der Waals surface area contributed by atoms with Gasteiger partial charge < -0.3 is 0 Å². The lowest BCUT2D eigenvalue weighted by Gasteiger charge is -1.97. The van der Waals surface area contributed by atoms with Gasteiger partial charge in [0, 0.05) is 5.39 Å². The molecule has 0 aliphatic rings. The van der Waals surface area contributed by atoms with E-state index in [1.165, 1.54) is 5.56 Å². The van der Waals surface area contributed by atoms with Gasteiger partial charge in [0.05, 0.1) is 11.7 Å². The molecule has 0 saturated heterocycles. The van der Waals surface area contributed by atoms with Crippen molar-refractivity contribution in [3.63, 3.8) is 0 Å². The van der Waals surface area contributed by atoms with E-state index in [4.69, 9.17) is 6.42 Å². The normalized spacial score (nSPS) is 10.2. The highest BCUT2D eigenvalue weighted by Gasteiger charge is 1.99. The second kappa shape index (κ2) is 2.95. The summed E-state index contributed by atoms with van der Waals surface area (Å²) in [5, 5.41) is 5.35. The predicted molar refractivity (Wildman–Crippen MR) is 53.3 cm³/mol. The summed E-state index contributed by atoms with van der Waals surface area (Å²) in [7, 11) is 0. The van der Waals surface area contributed by atoms with Crippen LogP contribution in [-0.2, 0) is 6.54 Å². The fraction of sp³-hybridized carbons (Fsp3) is 0.182. The highest BCUT2D eigenvalue weighted by molar-refractivity contribution is 5.79. The number of hydrogen-bond donors (Lipinski definition) is 0. The van der Waals surface area contributed by atoms with Gasteiger partial charge in [0.1, 0.15) is 6.54 Å². The Labute approximate surface area is 77.2 Å². The maximum Gasteiger partial charge on any atom is 0.102 e. The number of benzene rings is 1. The largest absolute Gasteiger partial charge is 0.253 e. The first kappa shape index (κ1) is 7.88. The third kappa shape index (κ3) is 1.29. The van der Waals surface area contributed by atoms with Crippen molar-refractivity contribution >= 4 is 10.9 Å². The fourth-order valence-electron chi connectivity index (χ4n) is 1.42. The van der Waals surface area contributed by atoms with E-state index in [2.05, 4.69) is 36.1 Å². The molecule has 0 aliphatic heterocycles. The molecule has 0 atom stereocenters. The maximum atomic E-state index is 5.23. The molecule has 0 unspecified atom stereocenters. The first-order valence-corrected chi connectivity index (χ1v) is 4.17. The van der Waals surface area contributed by atoms with Crippen LogP contribution in [0.5, 0.6) is 0 Å². The van der Waals surface area contributed by atoms with E-state index < -0.39 is 0 Å². The van der Waals surface area contributed by atoms with E-state index in [0.717, 1.165) is 10.9 Å². The summed E-state index contributed by atoms with van der Waals surface area (Å²) in [5.41, 5.74) is 2.34. The molecule has 1 aromatic carbocycles. The Hall–Kier alpha value is -1.75. The molecule has 0 spiro atoms. The average molecular weight is 170 g/mol. The third-order valence-electron chi connectivity index (χ3n) is 2.04. The second-order valence-corrected chi connectivity index (χ2v) is 3.07. The minimum absolute atomic E-state index is 0.534. The summed E-state index contributed by atoms with van der Waals surface area (Å²) in [6, 6.07) is 6.22. The third-order valence-corrected chi connectivity index (χ3v) is 2.04. The Balaban J connectivity index is 2.63. The van der Waals surface area contributed by atoms with Crippen LogP contribution < -0.4 is 0 Å². The van der Waals surface area contributed by atoms with Gasteiger partial charge in [-0.1, -0.05) is 17.6 Å². The van der Waals surface area contributed by atoms with Crippen LogP contribution in [0, 0.1) is 19.3 Å². The minimum Gasteiger partial charge on any atom is -0.253 e. The van der Waals surface area contributed by atoms with Gasteiger partial charge in [0.15, 0.2) is 0 Å². The Kier molecular flexibility index (Phi) is 1.79. The molecule has 0 saturated carbocycles. The number of terminal acetylenes is 1. The molecule has 2 heteroatoms.